The summed E-state index contributed by atoms with van der Waals surface area (Å²) in [6.45, 7) is 4.83. The molecule has 4 nitrogen and oxygen atoms in total. The number of rotatable bonds is 6. The Bertz CT molecular complexity index is 522. The monoisotopic (exact) mass is 271 g/mol. The molecular formula is C16H21N3O. The lowest BCUT2D eigenvalue weighted by Crippen LogP contribution is -2.35. The standard InChI is InChI=1S/C16H21N3O/c1-13(15-6-4-3-5-7-15)10-16(20)18-14(2)11-19-9-8-17-12-19/h3-9,12-14H,10-11H2,1-2H3,(H,18,20)/t13-,14+/m0/s1. The zero-order valence-electron chi connectivity index (χ0n) is 12.0. The highest BCUT2D eigenvalue weighted by Gasteiger charge is 2.13. The average molecular weight is 271 g/mol. The fraction of sp³-hybridized carbons (Fsp3) is 0.375. The lowest BCUT2D eigenvalue weighted by Gasteiger charge is -2.17. The number of benzene rings is 1. The van der Waals surface area contributed by atoms with Crippen LogP contribution in [0, 0.1) is 0 Å². The molecule has 1 N–H and O–H groups in total. The van der Waals surface area contributed by atoms with Gasteiger partial charge >= 0.3 is 0 Å². The van der Waals surface area contributed by atoms with E-state index in [9.17, 15) is 4.79 Å². The molecule has 2 aromatic rings. The largest absolute Gasteiger partial charge is 0.352 e. The lowest BCUT2D eigenvalue weighted by molar-refractivity contribution is -0.122. The summed E-state index contributed by atoms with van der Waals surface area (Å²) in [4.78, 5) is 16.0. The van der Waals surface area contributed by atoms with Crippen LogP contribution in [-0.4, -0.2) is 21.5 Å². The summed E-state index contributed by atoms with van der Waals surface area (Å²) in [5.41, 5.74) is 1.20. The van der Waals surface area contributed by atoms with Crippen LogP contribution in [0.1, 0.15) is 31.7 Å². The van der Waals surface area contributed by atoms with E-state index < -0.39 is 0 Å². The third kappa shape index (κ3) is 4.23. The quantitative estimate of drug-likeness (QED) is 0.877. The Morgan fingerprint density at radius 1 is 1.30 bits per heavy atom. The Morgan fingerprint density at radius 2 is 2.05 bits per heavy atom. The van der Waals surface area contributed by atoms with Gasteiger partial charge in [-0.15, -0.1) is 0 Å². The Labute approximate surface area is 119 Å². The molecule has 0 saturated heterocycles. The fourth-order valence-corrected chi connectivity index (χ4v) is 2.27. The van der Waals surface area contributed by atoms with Crippen LogP contribution in [0.4, 0.5) is 0 Å². The van der Waals surface area contributed by atoms with Crippen molar-refractivity contribution < 1.29 is 4.79 Å². The molecule has 20 heavy (non-hydrogen) atoms. The predicted molar refractivity (Wildman–Crippen MR) is 79.3 cm³/mol. The minimum atomic E-state index is 0.0916. The van der Waals surface area contributed by atoms with Gasteiger partial charge in [0.15, 0.2) is 0 Å². The number of carbonyl (C=O) groups excluding carboxylic acids is 1. The first kappa shape index (κ1) is 14.3. The van der Waals surface area contributed by atoms with Crippen molar-refractivity contribution in [1.29, 1.82) is 0 Å². The van der Waals surface area contributed by atoms with E-state index in [1.807, 2.05) is 35.9 Å². The van der Waals surface area contributed by atoms with E-state index >= 15 is 0 Å². The summed E-state index contributed by atoms with van der Waals surface area (Å²) in [5, 5.41) is 3.03. The molecule has 106 valence electrons. The van der Waals surface area contributed by atoms with Crippen molar-refractivity contribution in [1.82, 2.24) is 14.9 Å². The lowest BCUT2D eigenvalue weighted by atomic mass is 9.97. The third-order valence-electron chi connectivity index (χ3n) is 3.31. The first-order valence-corrected chi connectivity index (χ1v) is 6.95. The van der Waals surface area contributed by atoms with E-state index in [-0.39, 0.29) is 17.9 Å². The van der Waals surface area contributed by atoms with Crippen molar-refractivity contribution in [2.45, 2.75) is 38.8 Å². The molecule has 0 saturated carbocycles. The number of amides is 1. The van der Waals surface area contributed by atoms with Crippen molar-refractivity contribution in [3.05, 3.63) is 54.6 Å². The van der Waals surface area contributed by atoms with Gasteiger partial charge in [0.2, 0.25) is 5.91 Å². The molecule has 0 fully saturated rings. The zero-order chi connectivity index (χ0) is 14.4. The highest BCUT2D eigenvalue weighted by Crippen LogP contribution is 2.18. The van der Waals surface area contributed by atoms with Gasteiger partial charge in [0.05, 0.1) is 6.33 Å². The van der Waals surface area contributed by atoms with Crippen LogP contribution in [0.3, 0.4) is 0 Å². The molecular weight excluding hydrogens is 250 g/mol. The molecule has 1 aromatic carbocycles. The molecule has 2 rings (SSSR count). The number of nitrogens with zero attached hydrogens (tertiary/aromatic N) is 2. The van der Waals surface area contributed by atoms with Crippen LogP contribution in [0.25, 0.3) is 0 Å². The molecule has 1 aromatic heterocycles. The van der Waals surface area contributed by atoms with E-state index in [2.05, 4.69) is 29.4 Å². The van der Waals surface area contributed by atoms with Gasteiger partial charge in [-0.1, -0.05) is 37.3 Å². The topological polar surface area (TPSA) is 46.9 Å². The molecule has 0 radical (unpaired) electrons. The summed E-state index contributed by atoms with van der Waals surface area (Å²) in [5.74, 6) is 0.325. The molecule has 0 spiro atoms. The highest BCUT2D eigenvalue weighted by molar-refractivity contribution is 5.77. The van der Waals surface area contributed by atoms with E-state index in [4.69, 9.17) is 0 Å². The number of hydrogen-bond donors (Lipinski definition) is 1. The molecule has 1 amide bonds. The third-order valence-corrected chi connectivity index (χ3v) is 3.31. The molecule has 4 heteroatoms. The second kappa shape index (κ2) is 6.89. The maximum atomic E-state index is 12.0. The van der Waals surface area contributed by atoms with Crippen LogP contribution in [0.15, 0.2) is 49.1 Å². The smallest absolute Gasteiger partial charge is 0.220 e. The van der Waals surface area contributed by atoms with Crippen molar-refractivity contribution in [3.8, 4) is 0 Å². The molecule has 0 bridgehead atoms. The van der Waals surface area contributed by atoms with Gasteiger partial charge in [0, 0.05) is 31.4 Å². The predicted octanol–water partition coefficient (Wildman–Crippen LogP) is 2.58. The Hall–Kier alpha value is -2.10. The summed E-state index contributed by atoms with van der Waals surface area (Å²) in [6.07, 6.45) is 5.91. The zero-order valence-corrected chi connectivity index (χ0v) is 12.0. The number of hydrogen-bond acceptors (Lipinski definition) is 2. The van der Waals surface area contributed by atoms with Crippen molar-refractivity contribution in [2.75, 3.05) is 0 Å². The maximum absolute atomic E-state index is 12.0. The van der Waals surface area contributed by atoms with Gasteiger partial charge in [-0.05, 0) is 18.4 Å². The Balaban J connectivity index is 1.80. The first-order valence-electron chi connectivity index (χ1n) is 6.95. The minimum absolute atomic E-state index is 0.0916. The van der Waals surface area contributed by atoms with Crippen LogP contribution in [0.2, 0.25) is 0 Å². The van der Waals surface area contributed by atoms with Gasteiger partial charge in [-0.25, -0.2) is 4.98 Å². The van der Waals surface area contributed by atoms with Crippen LogP contribution in [-0.2, 0) is 11.3 Å². The number of aromatic nitrogens is 2. The Kier molecular flexibility index (Phi) is 4.93. The molecule has 0 aliphatic heterocycles. The van der Waals surface area contributed by atoms with E-state index in [1.54, 1.807) is 12.5 Å². The molecule has 2 atom stereocenters. The van der Waals surface area contributed by atoms with Gasteiger partial charge in [-0.2, -0.15) is 0 Å². The first-order chi connectivity index (χ1) is 9.65. The molecule has 0 aliphatic carbocycles. The van der Waals surface area contributed by atoms with Crippen LogP contribution < -0.4 is 5.32 Å². The highest BCUT2D eigenvalue weighted by atomic mass is 16.1. The van der Waals surface area contributed by atoms with Crippen LogP contribution >= 0.6 is 0 Å². The van der Waals surface area contributed by atoms with Crippen molar-refractivity contribution in [3.63, 3.8) is 0 Å². The minimum Gasteiger partial charge on any atom is -0.352 e. The van der Waals surface area contributed by atoms with E-state index in [0.29, 0.717) is 6.42 Å². The summed E-state index contributed by atoms with van der Waals surface area (Å²) < 4.78 is 1.96. The van der Waals surface area contributed by atoms with Gasteiger partial charge in [0.25, 0.3) is 0 Å². The van der Waals surface area contributed by atoms with E-state index in [1.165, 1.54) is 5.56 Å². The van der Waals surface area contributed by atoms with Crippen LogP contribution in [0.5, 0.6) is 0 Å². The van der Waals surface area contributed by atoms with Crippen molar-refractivity contribution >= 4 is 5.91 Å². The van der Waals surface area contributed by atoms with E-state index in [0.717, 1.165) is 6.54 Å². The van der Waals surface area contributed by atoms with Gasteiger partial charge in [-0.3, -0.25) is 4.79 Å². The number of imidazole rings is 1. The Morgan fingerprint density at radius 3 is 2.70 bits per heavy atom. The number of carbonyl (C=O) groups is 1. The maximum Gasteiger partial charge on any atom is 0.220 e. The average Bonchev–Trinajstić information content (AvgIpc) is 2.92. The normalized spacial score (nSPS) is 13.7. The fourth-order valence-electron chi connectivity index (χ4n) is 2.27. The molecule has 0 aliphatic rings. The van der Waals surface area contributed by atoms with Gasteiger partial charge in [0.1, 0.15) is 0 Å². The van der Waals surface area contributed by atoms with Crippen molar-refractivity contribution in [2.24, 2.45) is 0 Å². The number of nitrogens with one attached hydrogen (secondary N) is 1. The summed E-state index contributed by atoms with van der Waals surface area (Å²) >= 11 is 0. The second-order valence-corrected chi connectivity index (χ2v) is 5.24. The SMILES string of the molecule is C[C@H](Cn1ccnc1)NC(=O)C[C@H](C)c1ccccc1. The second-order valence-electron chi connectivity index (χ2n) is 5.24. The summed E-state index contributed by atoms with van der Waals surface area (Å²) in [7, 11) is 0. The molecule has 1 heterocycles. The summed E-state index contributed by atoms with van der Waals surface area (Å²) in [6, 6.07) is 10.2. The van der Waals surface area contributed by atoms with Gasteiger partial charge < -0.3 is 9.88 Å². The molecule has 0 unspecified atom stereocenters.